The zero-order valence-corrected chi connectivity index (χ0v) is 19.5. The van der Waals surface area contributed by atoms with Crippen molar-refractivity contribution < 1.29 is 4.79 Å². The predicted octanol–water partition coefficient (Wildman–Crippen LogP) is 5.88. The Morgan fingerprint density at radius 1 is 1.06 bits per heavy atom. The number of pyridine rings is 1. The van der Waals surface area contributed by atoms with E-state index in [-0.39, 0.29) is 5.91 Å². The summed E-state index contributed by atoms with van der Waals surface area (Å²) in [6.45, 7) is 4.02. The molecule has 0 saturated heterocycles. The molecule has 0 aliphatic rings. The lowest BCUT2D eigenvalue weighted by Gasteiger charge is -2.13. The normalized spacial score (nSPS) is 11.1. The van der Waals surface area contributed by atoms with Gasteiger partial charge in [-0.15, -0.1) is 0 Å². The molecular weight excluding hydrogens is 430 g/mol. The van der Waals surface area contributed by atoms with Crippen molar-refractivity contribution in [3.05, 3.63) is 83.8 Å². The Balaban J connectivity index is 1.60. The number of benzene rings is 2. The maximum atomic E-state index is 13.5. The largest absolute Gasteiger partial charge is 0.333 e. The van der Waals surface area contributed by atoms with Crippen LogP contribution in [0.15, 0.2) is 67.0 Å². The zero-order valence-electron chi connectivity index (χ0n) is 18.7. The summed E-state index contributed by atoms with van der Waals surface area (Å²) in [5.41, 5.74) is 5.08. The van der Waals surface area contributed by atoms with E-state index in [1.165, 1.54) is 11.3 Å². The molecule has 164 valence electrons. The standard InChI is InChI=1S/C26H23N5OS/c1-4-19-16(2)21(18-12-8-9-13-20(18)28-19)25(32)30-26-29-22(17-10-6-5-7-11-17)23(33-26)24-27-14-15-31(24)3/h5-15H,4H2,1-3H3,(H,29,30,32). The number of carbonyl (C=O) groups is 1. The molecule has 0 atom stereocenters. The maximum absolute atomic E-state index is 13.5. The molecule has 0 aliphatic carbocycles. The third-order valence-corrected chi connectivity index (χ3v) is 6.68. The minimum atomic E-state index is -0.180. The number of imidazole rings is 1. The number of carbonyl (C=O) groups excluding carboxylic acids is 1. The van der Waals surface area contributed by atoms with Gasteiger partial charge in [0.25, 0.3) is 5.91 Å². The fourth-order valence-corrected chi connectivity index (χ4v) is 5.08. The van der Waals surface area contributed by atoms with Crippen molar-refractivity contribution in [3.8, 4) is 22.0 Å². The van der Waals surface area contributed by atoms with Gasteiger partial charge in [0.15, 0.2) is 11.0 Å². The van der Waals surface area contributed by atoms with Crippen LogP contribution in [0.1, 0.15) is 28.5 Å². The number of thiazole rings is 1. The summed E-state index contributed by atoms with van der Waals surface area (Å²) in [4.78, 5) is 28.5. The SMILES string of the molecule is CCc1nc2ccccc2c(C(=O)Nc2nc(-c3ccccc3)c(-c3nccn3C)s2)c1C. The van der Waals surface area contributed by atoms with E-state index in [9.17, 15) is 4.79 Å². The van der Waals surface area contributed by atoms with E-state index in [0.717, 1.165) is 50.5 Å². The van der Waals surface area contributed by atoms with E-state index in [0.29, 0.717) is 10.7 Å². The van der Waals surface area contributed by atoms with Gasteiger partial charge in [-0.1, -0.05) is 66.8 Å². The molecule has 6 nitrogen and oxygen atoms in total. The first kappa shape index (κ1) is 21.0. The lowest BCUT2D eigenvalue weighted by Crippen LogP contribution is -2.15. The van der Waals surface area contributed by atoms with Gasteiger partial charge in [0.1, 0.15) is 0 Å². The molecule has 5 rings (SSSR count). The van der Waals surface area contributed by atoms with Crippen molar-refractivity contribution in [3.63, 3.8) is 0 Å². The number of aromatic nitrogens is 4. The van der Waals surface area contributed by atoms with Crippen LogP contribution in [-0.4, -0.2) is 25.4 Å². The van der Waals surface area contributed by atoms with Crippen molar-refractivity contribution >= 4 is 33.3 Å². The number of nitrogens with zero attached hydrogens (tertiary/aromatic N) is 4. The number of nitrogens with one attached hydrogen (secondary N) is 1. The summed E-state index contributed by atoms with van der Waals surface area (Å²) >= 11 is 1.43. The van der Waals surface area contributed by atoms with Crippen molar-refractivity contribution in [1.82, 2.24) is 19.5 Å². The van der Waals surface area contributed by atoms with Gasteiger partial charge >= 0.3 is 0 Å². The van der Waals surface area contributed by atoms with Gasteiger partial charge in [0, 0.05) is 36.1 Å². The second kappa shape index (κ2) is 8.60. The molecule has 0 saturated carbocycles. The van der Waals surface area contributed by atoms with Crippen LogP contribution < -0.4 is 5.32 Å². The molecule has 0 spiro atoms. The van der Waals surface area contributed by atoms with Crippen LogP contribution in [0.5, 0.6) is 0 Å². The van der Waals surface area contributed by atoms with Crippen molar-refractivity contribution in [2.24, 2.45) is 7.05 Å². The Morgan fingerprint density at radius 2 is 1.82 bits per heavy atom. The maximum Gasteiger partial charge on any atom is 0.258 e. The smallest absolute Gasteiger partial charge is 0.258 e. The van der Waals surface area contributed by atoms with Crippen LogP contribution in [0.4, 0.5) is 5.13 Å². The highest BCUT2D eigenvalue weighted by Crippen LogP contribution is 2.38. The monoisotopic (exact) mass is 453 g/mol. The van der Waals surface area contributed by atoms with Gasteiger partial charge in [0.05, 0.1) is 21.7 Å². The molecule has 3 heterocycles. The third-order valence-electron chi connectivity index (χ3n) is 5.72. The summed E-state index contributed by atoms with van der Waals surface area (Å²) in [5.74, 6) is 0.631. The number of amides is 1. The minimum Gasteiger partial charge on any atom is -0.333 e. The lowest BCUT2D eigenvalue weighted by atomic mass is 9.99. The first-order chi connectivity index (χ1) is 16.1. The van der Waals surface area contributed by atoms with Gasteiger partial charge in [-0.3, -0.25) is 15.1 Å². The van der Waals surface area contributed by atoms with Crippen molar-refractivity contribution in [1.29, 1.82) is 0 Å². The summed E-state index contributed by atoms with van der Waals surface area (Å²) in [5, 5.41) is 4.44. The van der Waals surface area contributed by atoms with Gasteiger partial charge in [0.2, 0.25) is 0 Å². The Hall–Kier alpha value is -3.84. The average Bonchev–Trinajstić information content (AvgIpc) is 3.44. The minimum absolute atomic E-state index is 0.180. The van der Waals surface area contributed by atoms with Gasteiger partial charge in [-0.2, -0.15) is 0 Å². The predicted molar refractivity (Wildman–Crippen MR) is 134 cm³/mol. The van der Waals surface area contributed by atoms with E-state index in [4.69, 9.17) is 9.97 Å². The molecule has 33 heavy (non-hydrogen) atoms. The highest BCUT2D eigenvalue weighted by atomic mass is 32.1. The quantitative estimate of drug-likeness (QED) is 0.361. The Kier molecular flexibility index (Phi) is 5.48. The molecule has 0 unspecified atom stereocenters. The van der Waals surface area contributed by atoms with Crippen LogP contribution >= 0.6 is 11.3 Å². The number of hydrogen-bond acceptors (Lipinski definition) is 5. The second-order valence-electron chi connectivity index (χ2n) is 7.81. The second-order valence-corrected chi connectivity index (χ2v) is 8.81. The zero-order chi connectivity index (χ0) is 22.9. The Morgan fingerprint density at radius 3 is 2.55 bits per heavy atom. The number of para-hydroxylation sites is 1. The topological polar surface area (TPSA) is 72.7 Å². The number of fused-ring (bicyclic) bond motifs is 1. The first-order valence-electron chi connectivity index (χ1n) is 10.8. The highest BCUT2D eigenvalue weighted by Gasteiger charge is 2.22. The third kappa shape index (κ3) is 3.81. The summed E-state index contributed by atoms with van der Waals surface area (Å²) in [7, 11) is 1.95. The molecule has 0 aliphatic heterocycles. The Labute approximate surface area is 196 Å². The molecule has 7 heteroatoms. The molecule has 5 aromatic rings. The number of anilines is 1. The van der Waals surface area contributed by atoms with Crippen LogP contribution in [-0.2, 0) is 13.5 Å². The number of rotatable bonds is 5. The molecule has 1 amide bonds. The van der Waals surface area contributed by atoms with Crippen molar-refractivity contribution in [2.75, 3.05) is 5.32 Å². The molecule has 0 bridgehead atoms. The molecular formula is C26H23N5OS. The fourth-order valence-electron chi connectivity index (χ4n) is 4.06. The van der Waals surface area contributed by atoms with Crippen molar-refractivity contribution in [2.45, 2.75) is 20.3 Å². The van der Waals surface area contributed by atoms with E-state index in [2.05, 4.69) is 17.2 Å². The van der Waals surface area contributed by atoms with Crippen LogP contribution in [0, 0.1) is 6.92 Å². The summed E-state index contributed by atoms with van der Waals surface area (Å²) in [6, 6.07) is 17.7. The summed E-state index contributed by atoms with van der Waals surface area (Å²) < 4.78 is 1.96. The summed E-state index contributed by atoms with van der Waals surface area (Å²) in [6.07, 6.45) is 4.43. The fraction of sp³-hybridized carbons (Fsp3) is 0.154. The van der Waals surface area contributed by atoms with E-state index in [1.54, 1.807) is 6.20 Å². The molecule has 0 fully saturated rings. The van der Waals surface area contributed by atoms with Crippen LogP contribution in [0.25, 0.3) is 32.9 Å². The Bertz CT molecular complexity index is 1470. The molecule has 0 radical (unpaired) electrons. The average molecular weight is 454 g/mol. The van der Waals surface area contributed by atoms with Gasteiger partial charge in [-0.05, 0) is 25.0 Å². The number of hydrogen-bond donors (Lipinski definition) is 1. The van der Waals surface area contributed by atoms with Gasteiger partial charge < -0.3 is 4.57 Å². The molecule has 3 aromatic heterocycles. The highest BCUT2D eigenvalue weighted by molar-refractivity contribution is 7.19. The van der Waals surface area contributed by atoms with E-state index < -0.39 is 0 Å². The van der Waals surface area contributed by atoms with E-state index >= 15 is 0 Å². The molecule has 1 N–H and O–H groups in total. The molecule has 2 aromatic carbocycles. The first-order valence-corrected chi connectivity index (χ1v) is 11.6. The van der Waals surface area contributed by atoms with Gasteiger partial charge in [-0.25, -0.2) is 9.97 Å². The van der Waals surface area contributed by atoms with Crippen LogP contribution in [0.2, 0.25) is 0 Å². The lowest BCUT2D eigenvalue weighted by molar-refractivity contribution is 0.102. The number of aryl methyl sites for hydroxylation is 2. The van der Waals surface area contributed by atoms with E-state index in [1.807, 2.05) is 79.3 Å². The van der Waals surface area contributed by atoms with Crippen LogP contribution in [0.3, 0.4) is 0 Å².